The zero-order valence-corrected chi connectivity index (χ0v) is 13.7. The van der Waals surface area contributed by atoms with Crippen molar-refractivity contribution in [1.82, 2.24) is 15.0 Å². The minimum Gasteiger partial charge on any atom is -0.368 e. The third-order valence-electron chi connectivity index (χ3n) is 4.23. The minimum absolute atomic E-state index is 0.282. The van der Waals surface area contributed by atoms with Crippen LogP contribution in [0.2, 0.25) is 0 Å². The standard InChI is InChI=1S/C15H28N6/c1-5-21(6-2)14-19-12(16)18-13(20-14)17-11-8-7-9-15(3,4)10-11/h11H,5-10H2,1-4H3,(H3,16,17,18,19,20). The van der Waals surface area contributed by atoms with Gasteiger partial charge in [0.15, 0.2) is 0 Å². The fraction of sp³-hybridized carbons (Fsp3) is 0.800. The van der Waals surface area contributed by atoms with Crippen LogP contribution in [0.1, 0.15) is 53.4 Å². The number of aromatic nitrogens is 3. The largest absolute Gasteiger partial charge is 0.368 e. The predicted molar refractivity (Wildman–Crippen MR) is 87.5 cm³/mol. The molecule has 1 saturated carbocycles. The van der Waals surface area contributed by atoms with Crippen molar-refractivity contribution in [2.75, 3.05) is 29.0 Å². The molecule has 0 amide bonds. The van der Waals surface area contributed by atoms with Crippen molar-refractivity contribution in [1.29, 1.82) is 0 Å². The highest BCUT2D eigenvalue weighted by atomic mass is 15.3. The Bertz CT molecular complexity index is 469. The SMILES string of the molecule is CCN(CC)c1nc(N)nc(NC2CCCC(C)(C)C2)n1. The van der Waals surface area contributed by atoms with Crippen LogP contribution in [0.15, 0.2) is 0 Å². The van der Waals surface area contributed by atoms with Crippen LogP contribution in [-0.4, -0.2) is 34.1 Å². The van der Waals surface area contributed by atoms with E-state index in [0.29, 0.717) is 23.4 Å². The van der Waals surface area contributed by atoms with Crippen molar-refractivity contribution in [2.24, 2.45) is 5.41 Å². The summed E-state index contributed by atoms with van der Waals surface area (Å²) in [4.78, 5) is 15.1. The topological polar surface area (TPSA) is 80.0 Å². The monoisotopic (exact) mass is 292 g/mol. The number of nitrogen functional groups attached to an aromatic ring is 1. The van der Waals surface area contributed by atoms with Gasteiger partial charge in [-0.2, -0.15) is 15.0 Å². The first kappa shape index (κ1) is 15.8. The molecule has 0 bridgehead atoms. The Balaban J connectivity index is 2.12. The van der Waals surface area contributed by atoms with Gasteiger partial charge in [0.2, 0.25) is 17.8 Å². The van der Waals surface area contributed by atoms with E-state index in [4.69, 9.17) is 5.73 Å². The van der Waals surface area contributed by atoms with Crippen molar-refractivity contribution in [3.63, 3.8) is 0 Å². The second-order valence-electron chi connectivity index (χ2n) is 6.59. The van der Waals surface area contributed by atoms with Crippen molar-refractivity contribution >= 4 is 17.8 Å². The summed E-state index contributed by atoms with van der Waals surface area (Å²) in [6.07, 6.45) is 4.83. The summed E-state index contributed by atoms with van der Waals surface area (Å²) in [5.41, 5.74) is 6.22. The molecule has 1 aromatic heterocycles. The van der Waals surface area contributed by atoms with Gasteiger partial charge < -0.3 is 16.0 Å². The maximum Gasteiger partial charge on any atom is 0.231 e. The molecule has 6 nitrogen and oxygen atoms in total. The fourth-order valence-electron chi connectivity index (χ4n) is 3.10. The zero-order valence-electron chi connectivity index (χ0n) is 13.7. The average molecular weight is 292 g/mol. The molecule has 1 fully saturated rings. The van der Waals surface area contributed by atoms with Crippen LogP contribution in [-0.2, 0) is 0 Å². The first-order valence-corrected chi connectivity index (χ1v) is 7.96. The van der Waals surface area contributed by atoms with Gasteiger partial charge in [0.25, 0.3) is 0 Å². The molecule has 0 aliphatic heterocycles. The summed E-state index contributed by atoms with van der Waals surface area (Å²) >= 11 is 0. The molecule has 2 rings (SSSR count). The van der Waals surface area contributed by atoms with Gasteiger partial charge in [-0.15, -0.1) is 0 Å². The molecule has 1 atom stereocenters. The van der Waals surface area contributed by atoms with Crippen LogP contribution in [0.25, 0.3) is 0 Å². The van der Waals surface area contributed by atoms with E-state index < -0.39 is 0 Å². The van der Waals surface area contributed by atoms with Crippen LogP contribution in [0, 0.1) is 5.41 Å². The van der Waals surface area contributed by atoms with Crippen molar-refractivity contribution in [2.45, 2.75) is 59.4 Å². The Morgan fingerprint density at radius 2 is 1.95 bits per heavy atom. The number of nitrogens with zero attached hydrogens (tertiary/aromatic N) is 4. The van der Waals surface area contributed by atoms with Crippen LogP contribution in [0.3, 0.4) is 0 Å². The van der Waals surface area contributed by atoms with E-state index in [1.807, 2.05) is 0 Å². The van der Waals surface area contributed by atoms with Gasteiger partial charge in [0, 0.05) is 19.1 Å². The molecular weight excluding hydrogens is 264 g/mol. The molecule has 1 aliphatic carbocycles. The lowest BCUT2D eigenvalue weighted by atomic mass is 9.75. The van der Waals surface area contributed by atoms with E-state index in [1.165, 1.54) is 12.8 Å². The molecule has 1 heterocycles. The van der Waals surface area contributed by atoms with E-state index in [9.17, 15) is 0 Å². The predicted octanol–water partition coefficient (Wildman–Crippen LogP) is 2.68. The van der Waals surface area contributed by atoms with E-state index in [-0.39, 0.29) is 5.95 Å². The molecule has 1 aromatic rings. The fourth-order valence-corrected chi connectivity index (χ4v) is 3.10. The lowest BCUT2D eigenvalue weighted by molar-refractivity contribution is 0.229. The van der Waals surface area contributed by atoms with E-state index in [2.05, 4.69) is 52.9 Å². The van der Waals surface area contributed by atoms with Crippen LogP contribution < -0.4 is 16.0 Å². The molecule has 1 aliphatic rings. The highest BCUT2D eigenvalue weighted by Crippen LogP contribution is 2.36. The Labute approximate surface area is 127 Å². The van der Waals surface area contributed by atoms with Crippen LogP contribution in [0.4, 0.5) is 17.8 Å². The lowest BCUT2D eigenvalue weighted by Gasteiger charge is -2.35. The van der Waals surface area contributed by atoms with Gasteiger partial charge in [-0.05, 0) is 38.5 Å². The summed E-state index contributed by atoms with van der Waals surface area (Å²) in [5, 5.41) is 3.45. The number of nitrogens with one attached hydrogen (secondary N) is 1. The zero-order chi connectivity index (χ0) is 15.5. The first-order chi connectivity index (χ1) is 9.93. The second-order valence-corrected chi connectivity index (χ2v) is 6.59. The maximum absolute atomic E-state index is 5.84. The second kappa shape index (κ2) is 6.45. The molecule has 0 aromatic carbocycles. The van der Waals surface area contributed by atoms with Gasteiger partial charge in [-0.1, -0.05) is 20.3 Å². The molecule has 0 radical (unpaired) electrons. The summed E-state index contributed by atoms with van der Waals surface area (Å²) < 4.78 is 0. The molecule has 3 N–H and O–H groups in total. The number of rotatable bonds is 5. The Hall–Kier alpha value is -1.59. The smallest absolute Gasteiger partial charge is 0.231 e. The quantitative estimate of drug-likeness (QED) is 0.868. The van der Waals surface area contributed by atoms with Crippen molar-refractivity contribution in [3.8, 4) is 0 Å². The van der Waals surface area contributed by atoms with Gasteiger partial charge in [0.05, 0.1) is 0 Å². The summed E-state index contributed by atoms with van der Waals surface area (Å²) in [7, 11) is 0. The molecule has 6 heteroatoms. The van der Waals surface area contributed by atoms with E-state index in [0.717, 1.165) is 25.9 Å². The summed E-state index contributed by atoms with van der Waals surface area (Å²) in [6.45, 7) is 10.5. The molecule has 0 saturated heterocycles. The number of hydrogen-bond acceptors (Lipinski definition) is 6. The number of nitrogens with two attached hydrogens (primary N) is 1. The van der Waals surface area contributed by atoms with Gasteiger partial charge in [-0.25, -0.2) is 0 Å². The first-order valence-electron chi connectivity index (χ1n) is 7.96. The van der Waals surface area contributed by atoms with Gasteiger partial charge in [0.1, 0.15) is 0 Å². The molecule has 21 heavy (non-hydrogen) atoms. The minimum atomic E-state index is 0.282. The maximum atomic E-state index is 5.84. The van der Waals surface area contributed by atoms with Gasteiger partial charge in [-0.3, -0.25) is 0 Å². The third kappa shape index (κ3) is 4.19. The Kier molecular flexibility index (Phi) is 4.85. The van der Waals surface area contributed by atoms with E-state index >= 15 is 0 Å². The molecule has 118 valence electrons. The molecule has 0 spiro atoms. The van der Waals surface area contributed by atoms with Crippen LogP contribution >= 0.6 is 0 Å². The Morgan fingerprint density at radius 1 is 1.24 bits per heavy atom. The summed E-state index contributed by atoms with van der Waals surface area (Å²) in [5.74, 6) is 1.54. The molecule has 1 unspecified atom stereocenters. The van der Waals surface area contributed by atoms with Crippen molar-refractivity contribution in [3.05, 3.63) is 0 Å². The average Bonchev–Trinajstić information content (AvgIpc) is 2.38. The van der Waals surface area contributed by atoms with Crippen molar-refractivity contribution < 1.29 is 0 Å². The summed E-state index contributed by atoms with van der Waals surface area (Å²) in [6, 6.07) is 0.417. The number of anilines is 3. The van der Waals surface area contributed by atoms with Gasteiger partial charge >= 0.3 is 0 Å². The molecular formula is C15H28N6. The highest BCUT2D eigenvalue weighted by Gasteiger charge is 2.28. The number of hydrogen-bond donors (Lipinski definition) is 2. The Morgan fingerprint density at radius 3 is 2.57 bits per heavy atom. The normalized spacial score (nSPS) is 21.0. The lowest BCUT2D eigenvalue weighted by Crippen LogP contribution is -2.33. The highest BCUT2D eigenvalue weighted by molar-refractivity contribution is 5.42. The third-order valence-corrected chi connectivity index (χ3v) is 4.23. The van der Waals surface area contributed by atoms with Crippen LogP contribution in [0.5, 0.6) is 0 Å². The van der Waals surface area contributed by atoms with E-state index in [1.54, 1.807) is 0 Å².